The van der Waals surface area contributed by atoms with Crippen LogP contribution in [0.1, 0.15) is 35.8 Å². The Labute approximate surface area is 123 Å². The van der Waals surface area contributed by atoms with E-state index in [0.717, 1.165) is 11.1 Å². The lowest BCUT2D eigenvalue weighted by atomic mass is 9.99. The van der Waals surface area contributed by atoms with Gasteiger partial charge in [-0.3, -0.25) is 4.68 Å². The Morgan fingerprint density at radius 2 is 2.19 bits per heavy atom. The maximum Gasteiger partial charge on any atom is 0.338 e. The maximum atomic E-state index is 11.7. The van der Waals surface area contributed by atoms with Crippen molar-refractivity contribution in [3.05, 3.63) is 41.7 Å². The van der Waals surface area contributed by atoms with Gasteiger partial charge in [0.2, 0.25) is 0 Å². The Bertz CT molecular complexity index is 696. The van der Waals surface area contributed by atoms with Gasteiger partial charge in [-0.15, -0.1) is 0 Å². The van der Waals surface area contributed by atoms with Crippen LogP contribution in [0.15, 0.2) is 30.6 Å². The predicted octanol–water partition coefficient (Wildman–Crippen LogP) is 2.98. The second-order valence-electron chi connectivity index (χ2n) is 5.00. The largest absolute Gasteiger partial charge is 0.465 e. The number of esters is 1. The van der Waals surface area contributed by atoms with Crippen molar-refractivity contribution in [3.63, 3.8) is 0 Å². The topological polar surface area (TPSA) is 67.9 Å². The van der Waals surface area contributed by atoms with Gasteiger partial charge >= 0.3 is 5.97 Å². The summed E-state index contributed by atoms with van der Waals surface area (Å²) < 4.78 is 6.61. The number of aromatic nitrogens is 2. The van der Waals surface area contributed by atoms with Crippen LogP contribution in [-0.2, 0) is 11.2 Å². The predicted molar refractivity (Wildman–Crippen MR) is 78.7 cm³/mol. The highest BCUT2D eigenvalue weighted by Crippen LogP contribution is 2.24. The molecule has 2 rings (SSSR count). The van der Waals surface area contributed by atoms with Crippen LogP contribution < -0.4 is 0 Å². The second-order valence-corrected chi connectivity index (χ2v) is 5.00. The van der Waals surface area contributed by atoms with E-state index in [0.29, 0.717) is 11.1 Å². The van der Waals surface area contributed by atoms with E-state index in [2.05, 4.69) is 25.0 Å². The zero-order valence-corrected chi connectivity index (χ0v) is 12.3. The molecule has 1 aromatic carbocycles. The van der Waals surface area contributed by atoms with Crippen LogP contribution in [0.3, 0.4) is 0 Å². The van der Waals surface area contributed by atoms with Crippen LogP contribution in [0.2, 0.25) is 0 Å². The van der Waals surface area contributed by atoms with Gasteiger partial charge in [-0.25, -0.2) is 4.79 Å². The van der Waals surface area contributed by atoms with Crippen LogP contribution in [0.5, 0.6) is 0 Å². The molecule has 0 saturated carbocycles. The number of hydrogen-bond donors (Lipinski definition) is 0. The van der Waals surface area contributed by atoms with E-state index in [9.17, 15) is 4.79 Å². The number of rotatable bonds is 4. The fraction of sp³-hybridized carbons (Fsp3) is 0.312. The number of carbonyl (C=O) groups is 1. The lowest BCUT2D eigenvalue weighted by Crippen LogP contribution is -2.05. The minimum Gasteiger partial charge on any atom is -0.465 e. The summed E-state index contributed by atoms with van der Waals surface area (Å²) in [5, 5.41) is 13.2. The van der Waals surface area contributed by atoms with E-state index in [-0.39, 0.29) is 12.5 Å². The average molecular weight is 283 g/mol. The summed E-state index contributed by atoms with van der Waals surface area (Å²) in [4.78, 5) is 11.7. The number of nitriles is 1. The molecule has 0 unspecified atom stereocenters. The average Bonchev–Trinajstić information content (AvgIpc) is 2.97. The van der Waals surface area contributed by atoms with E-state index >= 15 is 0 Å². The van der Waals surface area contributed by atoms with Crippen molar-refractivity contribution >= 4 is 5.97 Å². The summed E-state index contributed by atoms with van der Waals surface area (Å²) in [7, 11) is 1.33. The highest BCUT2D eigenvalue weighted by Gasteiger charge is 2.13. The highest BCUT2D eigenvalue weighted by molar-refractivity contribution is 5.92. The molecule has 0 aliphatic heterocycles. The molecule has 1 heterocycles. The smallest absolute Gasteiger partial charge is 0.338 e. The maximum absolute atomic E-state index is 11.7. The summed E-state index contributed by atoms with van der Waals surface area (Å²) in [5.74, 6) is -0.426. The molecule has 0 saturated heterocycles. The standard InChI is InChI=1S/C16H17N3O2/c1-11(2)19-10-14(9-18-19)12-4-5-15(16(20)21-3)13(8-12)6-7-17/h4-5,8-11H,6H2,1-3H3. The van der Waals surface area contributed by atoms with Gasteiger partial charge in [-0.05, 0) is 37.1 Å². The Balaban J connectivity index is 2.43. The molecule has 5 nitrogen and oxygen atoms in total. The third kappa shape index (κ3) is 3.11. The first kappa shape index (κ1) is 14.8. The van der Waals surface area contributed by atoms with E-state index in [1.54, 1.807) is 12.3 Å². The number of nitrogens with zero attached hydrogens (tertiary/aromatic N) is 3. The van der Waals surface area contributed by atoms with Crippen molar-refractivity contribution in [3.8, 4) is 17.2 Å². The van der Waals surface area contributed by atoms with Gasteiger partial charge in [0.25, 0.3) is 0 Å². The summed E-state index contributed by atoms with van der Waals surface area (Å²) in [6, 6.07) is 7.74. The van der Waals surface area contributed by atoms with E-state index in [4.69, 9.17) is 10.00 Å². The fourth-order valence-electron chi connectivity index (χ4n) is 2.08. The monoisotopic (exact) mass is 283 g/mol. The lowest BCUT2D eigenvalue weighted by Gasteiger charge is -2.07. The van der Waals surface area contributed by atoms with Gasteiger partial charge in [0.05, 0.1) is 31.4 Å². The van der Waals surface area contributed by atoms with Gasteiger partial charge in [-0.2, -0.15) is 10.4 Å². The Kier molecular flexibility index (Phi) is 4.39. The molecule has 0 aliphatic rings. The molecule has 5 heteroatoms. The molecular formula is C16H17N3O2. The van der Waals surface area contributed by atoms with Crippen LogP contribution in [0.4, 0.5) is 0 Å². The van der Waals surface area contributed by atoms with Crippen LogP contribution >= 0.6 is 0 Å². The summed E-state index contributed by atoms with van der Waals surface area (Å²) in [6.45, 7) is 4.11. The third-order valence-electron chi connectivity index (χ3n) is 3.24. The van der Waals surface area contributed by atoms with Gasteiger partial charge < -0.3 is 4.74 Å². The van der Waals surface area contributed by atoms with Crippen molar-refractivity contribution in [2.24, 2.45) is 0 Å². The van der Waals surface area contributed by atoms with Crippen molar-refractivity contribution < 1.29 is 9.53 Å². The molecule has 0 N–H and O–H groups in total. The minimum atomic E-state index is -0.426. The third-order valence-corrected chi connectivity index (χ3v) is 3.24. The van der Waals surface area contributed by atoms with Gasteiger partial charge in [0.15, 0.2) is 0 Å². The van der Waals surface area contributed by atoms with E-state index in [1.807, 2.05) is 23.0 Å². The summed E-state index contributed by atoms with van der Waals surface area (Å²) in [6.07, 6.45) is 3.90. The molecule has 1 aromatic heterocycles. The molecule has 0 fully saturated rings. The van der Waals surface area contributed by atoms with Gasteiger partial charge in [0.1, 0.15) is 0 Å². The number of methoxy groups -OCH3 is 1. The Morgan fingerprint density at radius 1 is 1.43 bits per heavy atom. The first-order valence-electron chi connectivity index (χ1n) is 6.69. The fourth-order valence-corrected chi connectivity index (χ4v) is 2.08. The molecule has 0 amide bonds. The molecule has 108 valence electrons. The van der Waals surface area contributed by atoms with E-state index in [1.165, 1.54) is 7.11 Å². The summed E-state index contributed by atoms with van der Waals surface area (Å²) in [5.41, 5.74) is 2.98. The van der Waals surface area contributed by atoms with Crippen molar-refractivity contribution in [1.82, 2.24) is 9.78 Å². The quantitative estimate of drug-likeness (QED) is 0.809. The zero-order valence-electron chi connectivity index (χ0n) is 12.3. The normalized spacial score (nSPS) is 10.4. The Hall–Kier alpha value is -2.61. The van der Waals surface area contributed by atoms with Crippen LogP contribution in [0, 0.1) is 11.3 Å². The molecule has 0 spiro atoms. The molecule has 0 aliphatic carbocycles. The molecule has 0 atom stereocenters. The van der Waals surface area contributed by atoms with Crippen LogP contribution in [0.25, 0.3) is 11.1 Å². The first-order valence-corrected chi connectivity index (χ1v) is 6.69. The van der Waals surface area contributed by atoms with Crippen molar-refractivity contribution in [2.75, 3.05) is 7.11 Å². The minimum absolute atomic E-state index is 0.163. The zero-order chi connectivity index (χ0) is 15.4. The number of hydrogen-bond acceptors (Lipinski definition) is 4. The number of ether oxygens (including phenoxy) is 1. The molecular weight excluding hydrogens is 266 g/mol. The molecule has 0 radical (unpaired) electrons. The van der Waals surface area contributed by atoms with Crippen molar-refractivity contribution in [2.45, 2.75) is 26.3 Å². The molecule has 0 bridgehead atoms. The van der Waals surface area contributed by atoms with Gasteiger partial charge in [-0.1, -0.05) is 6.07 Å². The van der Waals surface area contributed by atoms with Crippen molar-refractivity contribution in [1.29, 1.82) is 5.26 Å². The summed E-state index contributed by atoms with van der Waals surface area (Å²) >= 11 is 0. The second kappa shape index (κ2) is 6.23. The van der Waals surface area contributed by atoms with E-state index < -0.39 is 5.97 Å². The van der Waals surface area contributed by atoms with Gasteiger partial charge in [0, 0.05) is 17.8 Å². The number of carbonyl (C=O) groups excluding carboxylic acids is 1. The number of benzene rings is 1. The SMILES string of the molecule is COC(=O)c1ccc(-c2cnn(C(C)C)c2)cc1CC#N. The Morgan fingerprint density at radius 3 is 2.76 bits per heavy atom. The lowest BCUT2D eigenvalue weighted by molar-refractivity contribution is 0.0599. The first-order chi connectivity index (χ1) is 10.1. The highest BCUT2D eigenvalue weighted by atomic mass is 16.5. The molecule has 2 aromatic rings. The van der Waals surface area contributed by atoms with Crippen LogP contribution in [-0.4, -0.2) is 22.9 Å². The molecule has 21 heavy (non-hydrogen) atoms.